The molecule has 2 aromatic heterocycles. The Hall–Kier alpha value is -3.69. The lowest BCUT2D eigenvalue weighted by Crippen LogP contribution is -2.41. The number of rotatable bonds is 3. The number of hydrogen-bond acceptors (Lipinski definition) is 7. The highest BCUT2D eigenvalue weighted by Gasteiger charge is 2.75. The second kappa shape index (κ2) is 7.93. The van der Waals surface area contributed by atoms with E-state index in [0.29, 0.717) is 23.4 Å². The second-order valence-electron chi connectivity index (χ2n) is 8.65. The minimum absolute atomic E-state index is 0.0300. The van der Waals surface area contributed by atoms with Crippen LogP contribution in [0.3, 0.4) is 0 Å². The fourth-order valence-corrected chi connectivity index (χ4v) is 5.05. The van der Waals surface area contributed by atoms with E-state index in [0.717, 1.165) is 12.1 Å². The molecule has 12 heteroatoms. The van der Waals surface area contributed by atoms with Crippen LogP contribution in [0.2, 0.25) is 0 Å². The molecule has 0 saturated heterocycles. The van der Waals surface area contributed by atoms with Crippen LogP contribution < -0.4 is 10.6 Å². The van der Waals surface area contributed by atoms with E-state index in [1.54, 1.807) is 11.6 Å². The zero-order valence-corrected chi connectivity index (χ0v) is 18.6. The van der Waals surface area contributed by atoms with E-state index in [4.69, 9.17) is 0 Å². The molecule has 35 heavy (non-hydrogen) atoms. The molecule has 0 aliphatic heterocycles. The van der Waals surface area contributed by atoms with E-state index < -0.39 is 35.4 Å². The van der Waals surface area contributed by atoms with Gasteiger partial charge in [-0.05, 0) is 30.5 Å². The highest BCUT2D eigenvalue weighted by Crippen LogP contribution is 2.67. The Morgan fingerprint density at radius 3 is 2.69 bits per heavy atom. The Morgan fingerprint density at radius 1 is 1.23 bits per heavy atom. The molecule has 9 nitrogen and oxygen atoms in total. The van der Waals surface area contributed by atoms with Crippen LogP contribution in [0.15, 0.2) is 30.6 Å². The lowest BCUT2D eigenvalue weighted by molar-refractivity contribution is -0.137. The number of fused-ring (bicyclic) bond motifs is 2. The van der Waals surface area contributed by atoms with Gasteiger partial charge in [-0.1, -0.05) is 12.0 Å². The molecule has 5 rings (SSSR count). The summed E-state index contributed by atoms with van der Waals surface area (Å²) >= 11 is 0. The van der Waals surface area contributed by atoms with Crippen molar-refractivity contribution < 1.29 is 28.2 Å². The standard InChI is InChI=1S/C23H21F3N6O3/c1-27-19-15-20(31-14(30-19)7-6-11-4-3-5-12(8-11)23(24,25)26)32(10-29-15)16-13-9-22(13,21(35)28-2)18(34)17(16)33/h3-5,8,10,13,16-18,33-34H,9H2,1-2H3,(H,28,35)(H,27,30,31)/t13?,16-,17+,18?,22-/m1/s1. The Balaban J connectivity index is 1.55. The fraction of sp³-hybridized carbons (Fsp3) is 0.391. The SMILES string of the molecule is CNC(=O)[C@]12CC1[C@@H](n1cnc3c(NC)nc(C#Cc4cccc(C(F)(F)F)c4)nc31)[C@H](O)C2O. The summed E-state index contributed by atoms with van der Waals surface area (Å²) in [5.74, 6) is 5.06. The number of nitrogens with one attached hydrogen (secondary N) is 2. The predicted octanol–water partition coefficient (Wildman–Crippen LogP) is 1.32. The minimum Gasteiger partial charge on any atom is -0.389 e. The molecular formula is C23H21F3N6O3. The molecule has 2 aliphatic rings. The van der Waals surface area contributed by atoms with Crippen molar-refractivity contribution in [3.63, 3.8) is 0 Å². The van der Waals surface area contributed by atoms with Gasteiger partial charge in [0.15, 0.2) is 17.0 Å². The molecule has 0 radical (unpaired) electrons. The van der Waals surface area contributed by atoms with Gasteiger partial charge in [-0.2, -0.15) is 13.2 Å². The number of carbonyl (C=O) groups is 1. The normalized spacial score (nSPS) is 27.2. The number of imidazole rings is 1. The molecular weight excluding hydrogens is 465 g/mol. The number of alkyl halides is 3. The lowest BCUT2D eigenvalue weighted by Gasteiger charge is -2.23. The van der Waals surface area contributed by atoms with Crippen molar-refractivity contribution in [1.82, 2.24) is 24.8 Å². The Morgan fingerprint density at radius 2 is 2.00 bits per heavy atom. The van der Waals surface area contributed by atoms with Crippen molar-refractivity contribution in [3.05, 3.63) is 47.5 Å². The number of amides is 1. The first kappa shape index (κ1) is 23.1. The average Bonchev–Trinajstić information content (AvgIpc) is 3.38. The first-order chi connectivity index (χ1) is 16.6. The second-order valence-corrected chi connectivity index (χ2v) is 8.65. The van der Waals surface area contributed by atoms with Crippen molar-refractivity contribution in [3.8, 4) is 11.8 Å². The minimum atomic E-state index is -4.49. The van der Waals surface area contributed by atoms with Gasteiger partial charge in [-0.15, -0.1) is 0 Å². The van der Waals surface area contributed by atoms with Crippen LogP contribution in [-0.2, 0) is 11.0 Å². The van der Waals surface area contributed by atoms with E-state index >= 15 is 0 Å². The molecule has 3 aromatic rings. The molecule has 2 heterocycles. The van der Waals surface area contributed by atoms with Crippen LogP contribution in [0.5, 0.6) is 0 Å². The molecule has 0 bridgehead atoms. The third kappa shape index (κ3) is 3.50. The van der Waals surface area contributed by atoms with Gasteiger partial charge in [-0.25, -0.2) is 15.0 Å². The molecule has 182 valence electrons. The average molecular weight is 486 g/mol. The number of aromatic nitrogens is 4. The largest absolute Gasteiger partial charge is 0.416 e. The molecule has 1 aromatic carbocycles. The van der Waals surface area contributed by atoms with Gasteiger partial charge in [0.25, 0.3) is 0 Å². The monoisotopic (exact) mass is 486 g/mol. The number of aliphatic hydroxyl groups is 2. The zero-order valence-electron chi connectivity index (χ0n) is 18.6. The molecule has 2 aliphatic carbocycles. The number of aliphatic hydroxyl groups excluding tert-OH is 2. The molecule has 2 unspecified atom stereocenters. The lowest BCUT2D eigenvalue weighted by atomic mass is 9.98. The Labute approximate surface area is 197 Å². The number of anilines is 1. The fourth-order valence-electron chi connectivity index (χ4n) is 5.05. The number of nitrogens with zero attached hydrogens (tertiary/aromatic N) is 4. The molecule has 4 N–H and O–H groups in total. The van der Waals surface area contributed by atoms with Crippen LogP contribution in [0.25, 0.3) is 11.2 Å². The van der Waals surface area contributed by atoms with Crippen LogP contribution >= 0.6 is 0 Å². The van der Waals surface area contributed by atoms with E-state index in [1.165, 1.54) is 25.5 Å². The van der Waals surface area contributed by atoms with Crippen molar-refractivity contribution in [2.24, 2.45) is 11.3 Å². The highest BCUT2D eigenvalue weighted by molar-refractivity contribution is 5.88. The van der Waals surface area contributed by atoms with Gasteiger partial charge in [-0.3, -0.25) is 4.79 Å². The van der Waals surface area contributed by atoms with Crippen molar-refractivity contribution in [2.45, 2.75) is 30.8 Å². The van der Waals surface area contributed by atoms with Crippen LogP contribution in [-0.4, -0.2) is 61.9 Å². The van der Waals surface area contributed by atoms with E-state index in [-0.39, 0.29) is 23.2 Å². The number of carbonyl (C=O) groups excluding carboxylic acids is 1. The molecule has 5 atom stereocenters. The highest BCUT2D eigenvalue weighted by atomic mass is 19.4. The zero-order chi connectivity index (χ0) is 25.1. The first-order valence-electron chi connectivity index (χ1n) is 10.8. The molecule has 2 fully saturated rings. The maximum absolute atomic E-state index is 13.0. The predicted molar refractivity (Wildman–Crippen MR) is 118 cm³/mol. The van der Waals surface area contributed by atoms with Crippen LogP contribution in [0.4, 0.5) is 19.0 Å². The van der Waals surface area contributed by atoms with Gasteiger partial charge in [0, 0.05) is 25.6 Å². The third-order valence-corrected chi connectivity index (χ3v) is 6.81. The summed E-state index contributed by atoms with van der Waals surface area (Å²) in [4.78, 5) is 25.5. The van der Waals surface area contributed by atoms with Crippen LogP contribution in [0.1, 0.15) is 29.4 Å². The van der Waals surface area contributed by atoms with Crippen molar-refractivity contribution >= 4 is 22.9 Å². The first-order valence-corrected chi connectivity index (χ1v) is 10.8. The summed E-state index contributed by atoms with van der Waals surface area (Å²) in [6.45, 7) is 0. The third-order valence-electron chi connectivity index (χ3n) is 6.81. The summed E-state index contributed by atoms with van der Waals surface area (Å²) in [5, 5.41) is 26.9. The van der Waals surface area contributed by atoms with Gasteiger partial charge < -0.3 is 25.4 Å². The van der Waals surface area contributed by atoms with E-state index in [9.17, 15) is 28.2 Å². The summed E-state index contributed by atoms with van der Waals surface area (Å²) < 4.78 is 40.6. The maximum atomic E-state index is 13.0. The number of benzene rings is 1. The van der Waals surface area contributed by atoms with Gasteiger partial charge >= 0.3 is 6.18 Å². The summed E-state index contributed by atoms with van der Waals surface area (Å²) in [6.07, 6.45) is -5.10. The van der Waals surface area contributed by atoms with E-state index in [1.807, 2.05) is 0 Å². The molecule has 1 amide bonds. The number of halogens is 3. The van der Waals surface area contributed by atoms with Gasteiger partial charge in [0.1, 0.15) is 6.10 Å². The van der Waals surface area contributed by atoms with E-state index in [2.05, 4.69) is 37.4 Å². The molecule has 2 saturated carbocycles. The quantitative estimate of drug-likeness (QED) is 0.412. The molecule has 0 spiro atoms. The van der Waals surface area contributed by atoms with Gasteiger partial charge in [0.05, 0.1) is 29.5 Å². The summed E-state index contributed by atoms with van der Waals surface area (Å²) in [6, 6.07) is 3.97. The maximum Gasteiger partial charge on any atom is 0.416 e. The van der Waals surface area contributed by atoms with Crippen LogP contribution in [0, 0.1) is 23.2 Å². The summed E-state index contributed by atoms with van der Waals surface area (Å²) in [7, 11) is 3.10. The Bertz CT molecular complexity index is 1390. The van der Waals surface area contributed by atoms with Crippen molar-refractivity contribution in [2.75, 3.05) is 19.4 Å². The van der Waals surface area contributed by atoms with Gasteiger partial charge in [0.2, 0.25) is 11.7 Å². The smallest absolute Gasteiger partial charge is 0.389 e. The topological polar surface area (TPSA) is 125 Å². The number of hydrogen-bond donors (Lipinski definition) is 4. The van der Waals surface area contributed by atoms with Crippen molar-refractivity contribution in [1.29, 1.82) is 0 Å². The summed E-state index contributed by atoms with van der Waals surface area (Å²) in [5.41, 5.74) is -1.04. The Kier molecular flexibility index (Phi) is 5.23.